The van der Waals surface area contributed by atoms with Crippen molar-refractivity contribution < 1.29 is 4.42 Å². The van der Waals surface area contributed by atoms with Crippen LogP contribution < -0.4 is 5.73 Å². The van der Waals surface area contributed by atoms with Gasteiger partial charge in [0.25, 0.3) is 0 Å². The van der Waals surface area contributed by atoms with E-state index in [1.807, 2.05) is 18.2 Å². The Morgan fingerprint density at radius 1 is 1.22 bits per heavy atom. The van der Waals surface area contributed by atoms with Crippen molar-refractivity contribution in [1.82, 2.24) is 4.90 Å². The zero-order valence-electron chi connectivity index (χ0n) is 11.3. The largest absolute Gasteiger partial charge is 0.459 e. The van der Waals surface area contributed by atoms with E-state index in [9.17, 15) is 0 Å². The molecule has 0 saturated carbocycles. The van der Waals surface area contributed by atoms with Crippen LogP contribution in [-0.2, 0) is 13.1 Å². The van der Waals surface area contributed by atoms with Gasteiger partial charge >= 0.3 is 0 Å². The maximum absolute atomic E-state index is 5.95. The number of fused-ring (bicyclic) bond motifs is 1. The fourth-order valence-corrected chi connectivity index (χ4v) is 2.37. The van der Waals surface area contributed by atoms with E-state index in [2.05, 4.69) is 24.8 Å². The molecule has 0 saturated heterocycles. The van der Waals surface area contributed by atoms with E-state index in [1.54, 1.807) is 0 Å². The maximum atomic E-state index is 5.95. The Hall–Kier alpha value is -1.32. The first kappa shape index (κ1) is 13.1. The number of nitrogens with zero attached hydrogens (tertiary/aromatic N) is 1. The van der Waals surface area contributed by atoms with Crippen LogP contribution in [0.5, 0.6) is 0 Å². The second kappa shape index (κ2) is 6.03. The average Bonchev–Trinajstić information content (AvgIpc) is 2.75. The first-order valence-electron chi connectivity index (χ1n) is 6.71. The summed E-state index contributed by atoms with van der Waals surface area (Å²) in [5.74, 6) is 1.02. The summed E-state index contributed by atoms with van der Waals surface area (Å²) in [6.45, 7) is 7.90. The number of hydrogen-bond acceptors (Lipinski definition) is 3. The minimum absolute atomic E-state index is 0.538. The minimum atomic E-state index is 0.538. The van der Waals surface area contributed by atoms with Gasteiger partial charge in [-0.2, -0.15) is 0 Å². The molecule has 0 aliphatic carbocycles. The fraction of sp³-hybridized carbons (Fsp3) is 0.467. The van der Waals surface area contributed by atoms with Crippen LogP contribution in [0.25, 0.3) is 11.0 Å². The average molecular weight is 246 g/mol. The van der Waals surface area contributed by atoms with Crippen LogP contribution in [0.2, 0.25) is 0 Å². The summed E-state index contributed by atoms with van der Waals surface area (Å²) in [5, 5.41) is 1.16. The van der Waals surface area contributed by atoms with Crippen molar-refractivity contribution in [2.45, 2.75) is 33.4 Å². The monoisotopic (exact) mass is 246 g/mol. The first-order valence-corrected chi connectivity index (χ1v) is 6.71. The standard InChI is InChI=1S/C15H22N2O/c1-3-9-17(4-2)11-15-13(10-16)12-7-5-6-8-14(12)18-15/h5-8H,3-4,9-11,16H2,1-2H3. The smallest absolute Gasteiger partial charge is 0.134 e. The Balaban J connectivity index is 2.32. The molecule has 0 radical (unpaired) electrons. The van der Waals surface area contributed by atoms with Gasteiger partial charge in [-0.25, -0.2) is 0 Å². The molecule has 0 aliphatic rings. The highest BCUT2D eigenvalue weighted by molar-refractivity contribution is 5.82. The molecule has 0 bridgehead atoms. The van der Waals surface area contributed by atoms with E-state index in [0.29, 0.717) is 6.54 Å². The number of rotatable bonds is 6. The van der Waals surface area contributed by atoms with Gasteiger partial charge in [0.15, 0.2) is 0 Å². The van der Waals surface area contributed by atoms with E-state index in [1.165, 1.54) is 0 Å². The Labute approximate surface area is 109 Å². The molecule has 0 spiro atoms. The number of benzene rings is 1. The molecule has 98 valence electrons. The Morgan fingerprint density at radius 2 is 2.00 bits per heavy atom. The number of hydrogen-bond donors (Lipinski definition) is 1. The SMILES string of the molecule is CCCN(CC)Cc1oc2ccccc2c1CN. The molecule has 1 heterocycles. The molecule has 0 fully saturated rings. The molecule has 1 aromatic carbocycles. The third-order valence-electron chi connectivity index (χ3n) is 3.34. The molecular formula is C15H22N2O. The zero-order chi connectivity index (χ0) is 13.0. The molecule has 3 heteroatoms. The fourth-order valence-electron chi connectivity index (χ4n) is 2.37. The minimum Gasteiger partial charge on any atom is -0.459 e. The predicted molar refractivity (Wildman–Crippen MR) is 75.3 cm³/mol. The molecule has 18 heavy (non-hydrogen) atoms. The van der Waals surface area contributed by atoms with Crippen molar-refractivity contribution in [3.63, 3.8) is 0 Å². The third kappa shape index (κ3) is 2.57. The summed E-state index contributed by atoms with van der Waals surface area (Å²) in [4.78, 5) is 2.39. The molecule has 2 N–H and O–H groups in total. The van der Waals surface area contributed by atoms with Crippen molar-refractivity contribution in [2.75, 3.05) is 13.1 Å². The van der Waals surface area contributed by atoms with Crippen LogP contribution in [0.3, 0.4) is 0 Å². The third-order valence-corrected chi connectivity index (χ3v) is 3.34. The van der Waals surface area contributed by atoms with Crippen molar-refractivity contribution in [3.8, 4) is 0 Å². The van der Waals surface area contributed by atoms with Gasteiger partial charge in [0.05, 0.1) is 6.54 Å². The molecule has 1 aromatic heterocycles. The van der Waals surface area contributed by atoms with Gasteiger partial charge in [-0.3, -0.25) is 4.90 Å². The van der Waals surface area contributed by atoms with E-state index in [0.717, 1.165) is 48.3 Å². The van der Waals surface area contributed by atoms with Crippen LogP contribution in [-0.4, -0.2) is 18.0 Å². The van der Waals surface area contributed by atoms with Crippen LogP contribution in [0.1, 0.15) is 31.6 Å². The molecule has 0 unspecified atom stereocenters. The van der Waals surface area contributed by atoms with E-state index < -0.39 is 0 Å². The number of para-hydroxylation sites is 1. The van der Waals surface area contributed by atoms with Crippen molar-refractivity contribution in [3.05, 3.63) is 35.6 Å². The molecule has 2 rings (SSSR count). The molecular weight excluding hydrogens is 224 g/mol. The van der Waals surface area contributed by atoms with Crippen LogP contribution in [0.4, 0.5) is 0 Å². The summed E-state index contributed by atoms with van der Waals surface area (Å²) in [6, 6.07) is 8.12. The Kier molecular flexibility index (Phi) is 4.39. The van der Waals surface area contributed by atoms with Crippen molar-refractivity contribution >= 4 is 11.0 Å². The predicted octanol–water partition coefficient (Wildman–Crippen LogP) is 3.12. The van der Waals surface area contributed by atoms with E-state index in [-0.39, 0.29) is 0 Å². The van der Waals surface area contributed by atoms with Crippen molar-refractivity contribution in [2.24, 2.45) is 5.73 Å². The highest BCUT2D eigenvalue weighted by Gasteiger charge is 2.14. The van der Waals surface area contributed by atoms with Crippen LogP contribution >= 0.6 is 0 Å². The van der Waals surface area contributed by atoms with Gasteiger partial charge in [0.2, 0.25) is 0 Å². The Bertz CT molecular complexity index is 504. The second-order valence-electron chi connectivity index (χ2n) is 4.57. The van der Waals surface area contributed by atoms with Gasteiger partial charge in [-0.05, 0) is 25.6 Å². The van der Waals surface area contributed by atoms with Crippen molar-refractivity contribution in [1.29, 1.82) is 0 Å². The highest BCUT2D eigenvalue weighted by Crippen LogP contribution is 2.26. The lowest BCUT2D eigenvalue weighted by Gasteiger charge is -2.18. The number of furan rings is 1. The van der Waals surface area contributed by atoms with E-state index in [4.69, 9.17) is 10.2 Å². The van der Waals surface area contributed by atoms with Gasteiger partial charge in [0.1, 0.15) is 11.3 Å². The summed E-state index contributed by atoms with van der Waals surface area (Å²) >= 11 is 0. The topological polar surface area (TPSA) is 42.4 Å². The van der Waals surface area contributed by atoms with Gasteiger partial charge in [-0.1, -0.05) is 32.0 Å². The summed E-state index contributed by atoms with van der Waals surface area (Å²) in [6.07, 6.45) is 1.16. The van der Waals surface area contributed by atoms with Crippen LogP contribution in [0.15, 0.2) is 28.7 Å². The van der Waals surface area contributed by atoms with Crippen LogP contribution in [0, 0.1) is 0 Å². The van der Waals surface area contributed by atoms with Gasteiger partial charge in [0, 0.05) is 17.5 Å². The molecule has 0 aliphatic heterocycles. The lowest BCUT2D eigenvalue weighted by Crippen LogP contribution is -2.24. The maximum Gasteiger partial charge on any atom is 0.134 e. The van der Waals surface area contributed by atoms with Gasteiger partial charge in [-0.15, -0.1) is 0 Å². The summed E-state index contributed by atoms with van der Waals surface area (Å²) in [7, 11) is 0. The summed E-state index contributed by atoms with van der Waals surface area (Å²) < 4.78 is 5.95. The van der Waals surface area contributed by atoms with Gasteiger partial charge < -0.3 is 10.2 Å². The first-order chi connectivity index (χ1) is 8.80. The molecule has 2 aromatic rings. The lowest BCUT2D eigenvalue weighted by molar-refractivity contribution is 0.258. The Morgan fingerprint density at radius 3 is 2.67 bits per heavy atom. The zero-order valence-corrected chi connectivity index (χ0v) is 11.3. The lowest BCUT2D eigenvalue weighted by atomic mass is 10.1. The molecule has 0 atom stereocenters. The molecule has 0 amide bonds. The normalized spacial score (nSPS) is 11.6. The second-order valence-corrected chi connectivity index (χ2v) is 4.57. The quantitative estimate of drug-likeness (QED) is 0.851. The summed E-state index contributed by atoms with van der Waals surface area (Å²) in [5.41, 5.74) is 7.97. The highest BCUT2D eigenvalue weighted by atomic mass is 16.3. The van der Waals surface area contributed by atoms with E-state index >= 15 is 0 Å². The number of nitrogens with two attached hydrogens (primary N) is 1. The molecule has 3 nitrogen and oxygen atoms in total.